The highest BCUT2D eigenvalue weighted by Crippen LogP contribution is 2.15. The molecule has 4 amide bonds. The highest BCUT2D eigenvalue weighted by molar-refractivity contribution is 6.33. The molecule has 9 heteroatoms. The Bertz CT molecular complexity index is 723. The summed E-state index contributed by atoms with van der Waals surface area (Å²) >= 11 is 5.99. The molecule has 8 nitrogen and oxygen atoms in total. The van der Waals surface area contributed by atoms with E-state index in [1.54, 1.807) is 39.0 Å². The summed E-state index contributed by atoms with van der Waals surface area (Å²) in [6, 6.07) is 4.69. The number of benzene rings is 1. The summed E-state index contributed by atoms with van der Waals surface area (Å²) in [5.41, 5.74) is 0.224. The minimum Gasteiger partial charge on any atom is -0.454 e. The van der Waals surface area contributed by atoms with Crippen LogP contribution in [-0.2, 0) is 14.3 Å². The molecular weight excluding hydrogens is 386 g/mol. The smallest absolute Gasteiger partial charge is 0.329 e. The number of ether oxygens (including phenoxy) is 1. The summed E-state index contributed by atoms with van der Waals surface area (Å²) in [6.45, 7) is 6.48. The molecule has 0 spiro atoms. The van der Waals surface area contributed by atoms with E-state index < -0.39 is 36.5 Å². The Balaban J connectivity index is 2.61. The first kappa shape index (κ1) is 23.4. The molecule has 28 heavy (non-hydrogen) atoms. The SMILES string of the molecule is CC[C@@H](C)NC(=O)NC(=O)COC(=O)[C@@H](NC(=O)c1ccccc1Cl)C(C)C. The monoisotopic (exact) mass is 411 g/mol. The summed E-state index contributed by atoms with van der Waals surface area (Å²) in [4.78, 5) is 48.0. The second-order valence-electron chi connectivity index (χ2n) is 6.61. The number of nitrogens with one attached hydrogen (secondary N) is 3. The second-order valence-corrected chi connectivity index (χ2v) is 7.02. The van der Waals surface area contributed by atoms with Gasteiger partial charge >= 0.3 is 12.0 Å². The van der Waals surface area contributed by atoms with Gasteiger partial charge in [0.05, 0.1) is 10.6 Å². The van der Waals surface area contributed by atoms with Gasteiger partial charge in [0.2, 0.25) is 0 Å². The molecular formula is C19H26ClN3O5. The van der Waals surface area contributed by atoms with Crippen molar-refractivity contribution < 1.29 is 23.9 Å². The van der Waals surface area contributed by atoms with Crippen molar-refractivity contribution in [1.29, 1.82) is 0 Å². The number of urea groups is 1. The van der Waals surface area contributed by atoms with Crippen molar-refractivity contribution in [2.75, 3.05) is 6.61 Å². The van der Waals surface area contributed by atoms with Crippen molar-refractivity contribution in [3.05, 3.63) is 34.9 Å². The maximum absolute atomic E-state index is 12.4. The van der Waals surface area contributed by atoms with Gasteiger partial charge in [0, 0.05) is 6.04 Å². The van der Waals surface area contributed by atoms with Crippen LogP contribution in [-0.4, -0.2) is 42.5 Å². The fourth-order valence-electron chi connectivity index (χ4n) is 2.11. The molecule has 0 aliphatic heterocycles. The number of hydrogen-bond donors (Lipinski definition) is 3. The van der Waals surface area contributed by atoms with Crippen molar-refractivity contribution >= 4 is 35.4 Å². The standard InChI is InChI=1S/C19H26ClN3O5/c1-5-12(4)21-19(27)22-15(24)10-28-18(26)16(11(2)3)23-17(25)13-8-6-7-9-14(13)20/h6-9,11-12,16H,5,10H2,1-4H3,(H,23,25)(H2,21,22,24,27)/t12-,16+/m1/s1. The number of carbonyl (C=O) groups excluding carboxylic acids is 4. The van der Waals surface area contributed by atoms with Crippen LogP contribution in [0.15, 0.2) is 24.3 Å². The number of halogens is 1. The third-order valence-electron chi connectivity index (χ3n) is 3.91. The van der Waals surface area contributed by atoms with Gasteiger partial charge in [-0.25, -0.2) is 9.59 Å². The Hall–Kier alpha value is -2.61. The molecule has 0 aromatic heterocycles. The Morgan fingerprint density at radius 1 is 1.07 bits per heavy atom. The summed E-state index contributed by atoms with van der Waals surface area (Å²) in [6.07, 6.45) is 0.706. The van der Waals surface area contributed by atoms with Crippen molar-refractivity contribution in [2.24, 2.45) is 5.92 Å². The van der Waals surface area contributed by atoms with Crippen LogP contribution in [0.3, 0.4) is 0 Å². The quantitative estimate of drug-likeness (QED) is 0.568. The predicted molar refractivity (Wildman–Crippen MR) is 105 cm³/mol. The molecule has 154 valence electrons. The molecule has 0 saturated carbocycles. The van der Waals surface area contributed by atoms with E-state index >= 15 is 0 Å². The Morgan fingerprint density at radius 3 is 2.29 bits per heavy atom. The van der Waals surface area contributed by atoms with Crippen LogP contribution >= 0.6 is 11.6 Å². The van der Waals surface area contributed by atoms with E-state index in [9.17, 15) is 19.2 Å². The van der Waals surface area contributed by atoms with E-state index in [1.807, 2.05) is 6.92 Å². The lowest BCUT2D eigenvalue weighted by Gasteiger charge is -2.21. The topological polar surface area (TPSA) is 114 Å². The number of esters is 1. The van der Waals surface area contributed by atoms with E-state index in [0.29, 0.717) is 6.42 Å². The van der Waals surface area contributed by atoms with Crippen LogP contribution in [0.2, 0.25) is 5.02 Å². The van der Waals surface area contributed by atoms with Gasteiger partial charge in [0.15, 0.2) is 6.61 Å². The predicted octanol–water partition coefficient (Wildman–Crippen LogP) is 2.26. The molecule has 0 fully saturated rings. The van der Waals surface area contributed by atoms with E-state index in [2.05, 4.69) is 16.0 Å². The largest absolute Gasteiger partial charge is 0.454 e. The number of amides is 4. The molecule has 1 rings (SSSR count). The Labute approximate surface area is 169 Å². The molecule has 0 radical (unpaired) electrons. The number of carbonyl (C=O) groups is 4. The van der Waals surface area contributed by atoms with E-state index in [1.165, 1.54) is 6.07 Å². The lowest BCUT2D eigenvalue weighted by atomic mass is 10.0. The van der Waals surface area contributed by atoms with Gasteiger partial charge in [-0.3, -0.25) is 14.9 Å². The van der Waals surface area contributed by atoms with Gasteiger partial charge in [-0.2, -0.15) is 0 Å². The van der Waals surface area contributed by atoms with Gasteiger partial charge in [0.25, 0.3) is 11.8 Å². The van der Waals surface area contributed by atoms with Gasteiger partial charge in [-0.1, -0.05) is 44.5 Å². The Morgan fingerprint density at radius 2 is 1.71 bits per heavy atom. The van der Waals surface area contributed by atoms with Crippen LogP contribution in [0.5, 0.6) is 0 Å². The average Bonchev–Trinajstić information content (AvgIpc) is 2.63. The molecule has 0 aliphatic rings. The molecule has 1 aromatic carbocycles. The van der Waals surface area contributed by atoms with Crippen molar-refractivity contribution in [3.63, 3.8) is 0 Å². The fourth-order valence-corrected chi connectivity index (χ4v) is 2.33. The van der Waals surface area contributed by atoms with Crippen molar-refractivity contribution in [3.8, 4) is 0 Å². The van der Waals surface area contributed by atoms with Gasteiger partial charge < -0.3 is 15.4 Å². The zero-order valence-corrected chi connectivity index (χ0v) is 17.1. The van der Waals surface area contributed by atoms with Crippen LogP contribution in [0.1, 0.15) is 44.5 Å². The van der Waals surface area contributed by atoms with E-state index in [4.69, 9.17) is 16.3 Å². The molecule has 0 bridgehead atoms. The summed E-state index contributed by atoms with van der Waals surface area (Å²) in [5.74, 6) is -2.38. The lowest BCUT2D eigenvalue weighted by Crippen LogP contribution is -2.47. The number of hydrogen-bond acceptors (Lipinski definition) is 5. The second kappa shape index (κ2) is 11.3. The Kier molecular flexibility index (Phi) is 9.44. The normalized spacial score (nSPS) is 12.6. The fraction of sp³-hybridized carbons (Fsp3) is 0.474. The molecule has 0 heterocycles. The third-order valence-corrected chi connectivity index (χ3v) is 4.24. The molecule has 2 atom stereocenters. The molecule has 0 saturated heterocycles. The number of rotatable bonds is 8. The van der Waals surface area contributed by atoms with Gasteiger partial charge in [-0.05, 0) is 31.4 Å². The average molecular weight is 412 g/mol. The zero-order chi connectivity index (χ0) is 21.3. The maximum atomic E-state index is 12.4. The van der Waals surface area contributed by atoms with Crippen LogP contribution in [0, 0.1) is 5.92 Å². The molecule has 3 N–H and O–H groups in total. The van der Waals surface area contributed by atoms with Gasteiger partial charge in [-0.15, -0.1) is 0 Å². The summed E-state index contributed by atoms with van der Waals surface area (Å²) in [5, 5.41) is 7.44. The van der Waals surface area contributed by atoms with Crippen molar-refractivity contribution in [1.82, 2.24) is 16.0 Å². The lowest BCUT2D eigenvalue weighted by molar-refractivity contribution is -0.151. The van der Waals surface area contributed by atoms with E-state index in [0.717, 1.165) is 0 Å². The first-order valence-corrected chi connectivity index (χ1v) is 9.35. The van der Waals surface area contributed by atoms with Crippen LogP contribution < -0.4 is 16.0 Å². The van der Waals surface area contributed by atoms with Crippen molar-refractivity contribution in [2.45, 2.75) is 46.2 Å². The van der Waals surface area contributed by atoms with Crippen LogP contribution in [0.25, 0.3) is 0 Å². The number of imide groups is 1. The first-order chi connectivity index (χ1) is 13.1. The molecule has 0 aliphatic carbocycles. The highest BCUT2D eigenvalue weighted by atomic mass is 35.5. The molecule has 1 aromatic rings. The molecule has 0 unspecified atom stereocenters. The highest BCUT2D eigenvalue weighted by Gasteiger charge is 2.27. The maximum Gasteiger partial charge on any atom is 0.329 e. The summed E-state index contributed by atoms with van der Waals surface area (Å²) in [7, 11) is 0. The zero-order valence-electron chi connectivity index (χ0n) is 16.4. The minimum absolute atomic E-state index is 0.0966. The summed E-state index contributed by atoms with van der Waals surface area (Å²) < 4.78 is 4.95. The minimum atomic E-state index is -0.981. The third kappa shape index (κ3) is 7.56. The van der Waals surface area contributed by atoms with Crippen LogP contribution in [0.4, 0.5) is 4.79 Å². The van der Waals surface area contributed by atoms with Gasteiger partial charge in [0.1, 0.15) is 6.04 Å². The van der Waals surface area contributed by atoms with E-state index in [-0.39, 0.29) is 22.5 Å². The first-order valence-electron chi connectivity index (χ1n) is 8.98.